The number of guanidine groups is 1. The van der Waals surface area contributed by atoms with Crippen LogP contribution in [0.2, 0.25) is 0 Å². The fourth-order valence-corrected chi connectivity index (χ4v) is 5.64. The average molecular weight is 625 g/mol. The molecule has 0 aromatic heterocycles. The van der Waals surface area contributed by atoms with Crippen molar-refractivity contribution < 1.29 is 59.5 Å². The Morgan fingerprint density at radius 3 is 2.07 bits per heavy atom. The molecule has 2 aliphatic heterocycles. The highest BCUT2D eigenvalue weighted by molar-refractivity contribution is 5.89. The SMILES string of the molecule is NC[C@H]1O[C@H](O[C@H]2[C@H](O)[C@@H](O[C@H]3O[C@H](CO)[C@@H](O)[C@H](N)[C@H]3O)[C@H](NC(=O)C3(O)CC3N)C[C@@H]2N)[C@H](N=C(N)N)[C@@H](O)[C@@H]1O. The van der Waals surface area contributed by atoms with Gasteiger partial charge in [0.25, 0.3) is 5.91 Å². The largest absolute Gasteiger partial charge is 0.394 e. The van der Waals surface area contributed by atoms with E-state index in [0.717, 1.165) is 0 Å². The van der Waals surface area contributed by atoms with Crippen LogP contribution in [-0.2, 0) is 23.7 Å². The molecule has 17 atom stereocenters. The molecule has 2 aliphatic carbocycles. The van der Waals surface area contributed by atoms with Gasteiger partial charge in [-0.3, -0.25) is 4.79 Å². The lowest BCUT2D eigenvalue weighted by Crippen LogP contribution is -2.69. The number of carbonyl (C=O) groups excluding carboxylic acids is 1. The van der Waals surface area contributed by atoms with Crippen molar-refractivity contribution >= 4 is 11.9 Å². The van der Waals surface area contributed by atoms with E-state index in [9.17, 15) is 40.5 Å². The topological polar surface area (TPSA) is 376 Å². The molecule has 248 valence electrons. The van der Waals surface area contributed by atoms with E-state index in [-0.39, 0.29) is 19.4 Å². The van der Waals surface area contributed by atoms with Gasteiger partial charge in [-0.1, -0.05) is 0 Å². The number of nitrogens with two attached hydrogens (primary N) is 6. The molecular weight excluding hydrogens is 580 g/mol. The smallest absolute Gasteiger partial charge is 0.253 e. The standard InChI is InChI=1S/C23H44N8O12/c24-3-7-13(34)15(36)11(31-22(28)29)19(40-7)42-17-5(25)1-6(30-21(38)23(39)2-9(23)26)18(16(17)37)43-20-14(35)10(27)12(33)8(4-32)41-20/h5-20,32-37,39H,1-4,24-27H2,(H,30,38)(H4,28,29,31)/t5-,6+,7+,8+,9?,10-,11+,12+,13+,14+,15+,16-,17+,18-,19+,20+,23?/m0/s1. The fraction of sp³-hybridized carbons (Fsp3) is 0.913. The summed E-state index contributed by atoms with van der Waals surface area (Å²) >= 11 is 0. The minimum absolute atomic E-state index is 0.00548. The molecule has 20 nitrogen and oxygen atoms in total. The number of carbonyl (C=O) groups is 1. The molecule has 4 fully saturated rings. The number of ether oxygens (including phenoxy) is 4. The van der Waals surface area contributed by atoms with Gasteiger partial charge in [-0.2, -0.15) is 0 Å². The zero-order valence-electron chi connectivity index (χ0n) is 23.1. The molecule has 1 amide bonds. The van der Waals surface area contributed by atoms with Crippen molar-refractivity contribution in [1.29, 1.82) is 0 Å². The number of nitrogens with zero attached hydrogens (tertiary/aromatic N) is 1. The van der Waals surface area contributed by atoms with E-state index in [0.29, 0.717) is 0 Å². The normalized spacial score (nSPS) is 50.1. The second kappa shape index (κ2) is 13.2. The molecule has 2 heterocycles. The van der Waals surface area contributed by atoms with Crippen LogP contribution >= 0.6 is 0 Å². The lowest BCUT2D eigenvalue weighted by molar-refractivity contribution is -0.319. The van der Waals surface area contributed by atoms with Crippen LogP contribution in [0.25, 0.3) is 0 Å². The van der Waals surface area contributed by atoms with Crippen molar-refractivity contribution in [2.24, 2.45) is 39.4 Å². The Morgan fingerprint density at radius 2 is 1.51 bits per heavy atom. The van der Waals surface area contributed by atoms with Gasteiger partial charge in [0.2, 0.25) is 0 Å². The molecule has 2 unspecified atom stereocenters. The highest BCUT2D eigenvalue weighted by Crippen LogP contribution is 2.36. The summed E-state index contributed by atoms with van der Waals surface area (Å²) < 4.78 is 23.1. The molecule has 0 aromatic rings. The van der Waals surface area contributed by atoms with E-state index < -0.39 is 122 Å². The Morgan fingerprint density at radius 1 is 0.907 bits per heavy atom. The van der Waals surface area contributed by atoms with Crippen LogP contribution < -0.4 is 39.7 Å². The fourth-order valence-electron chi connectivity index (χ4n) is 5.64. The number of amides is 1. The number of hydrogen-bond donors (Lipinski definition) is 14. The second-order valence-corrected chi connectivity index (χ2v) is 11.5. The summed E-state index contributed by atoms with van der Waals surface area (Å²) in [5.74, 6) is -1.32. The third-order valence-corrected chi connectivity index (χ3v) is 8.43. The number of aliphatic hydroxyl groups is 7. The van der Waals surface area contributed by atoms with Gasteiger partial charge in [0.1, 0.15) is 61.0 Å². The van der Waals surface area contributed by atoms with Crippen molar-refractivity contribution in [2.75, 3.05) is 13.2 Å². The molecule has 2 saturated carbocycles. The lowest BCUT2D eigenvalue weighted by Gasteiger charge is -2.49. The predicted molar refractivity (Wildman–Crippen MR) is 143 cm³/mol. The Bertz CT molecular complexity index is 1010. The first-order valence-corrected chi connectivity index (χ1v) is 13.9. The quantitative estimate of drug-likeness (QED) is 0.0835. The molecule has 43 heavy (non-hydrogen) atoms. The molecule has 20 heteroatoms. The van der Waals surface area contributed by atoms with Crippen molar-refractivity contribution in [2.45, 2.75) is 116 Å². The lowest BCUT2D eigenvalue weighted by atomic mass is 9.83. The van der Waals surface area contributed by atoms with Gasteiger partial charge in [-0.05, 0) is 6.42 Å². The van der Waals surface area contributed by atoms with E-state index in [2.05, 4.69) is 10.3 Å². The summed E-state index contributed by atoms with van der Waals surface area (Å²) in [5.41, 5.74) is 32.8. The first-order chi connectivity index (χ1) is 20.1. The Balaban J connectivity index is 1.61. The average Bonchev–Trinajstić information content (AvgIpc) is 3.58. The van der Waals surface area contributed by atoms with Crippen LogP contribution in [0.3, 0.4) is 0 Å². The number of rotatable bonds is 9. The number of aliphatic hydroxyl groups excluding tert-OH is 6. The third-order valence-electron chi connectivity index (χ3n) is 8.43. The van der Waals surface area contributed by atoms with E-state index in [1.54, 1.807) is 0 Å². The zero-order valence-corrected chi connectivity index (χ0v) is 23.1. The minimum atomic E-state index is -1.85. The van der Waals surface area contributed by atoms with Gasteiger partial charge in [0.15, 0.2) is 24.1 Å². The Labute approximate surface area is 245 Å². The van der Waals surface area contributed by atoms with Gasteiger partial charge in [-0.25, -0.2) is 4.99 Å². The highest BCUT2D eigenvalue weighted by Gasteiger charge is 2.59. The molecular formula is C23H44N8O12. The van der Waals surface area contributed by atoms with Crippen LogP contribution in [0.4, 0.5) is 0 Å². The zero-order chi connectivity index (χ0) is 32.0. The summed E-state index contributed by atoms with van der Waals surface area (Å²) in [6.07, 6.45) is -16.4. The van der Waals surface area contributed by atoms with Gasteiger partial charge in [0, 0.05) is 25.0 Å². The van der Waals surface area contributed by atoms with Gasteiger partial charge in [0.05, 0.1) is 18.7 Å². The van der Waals surface area contributed by atoms with Gasteiger partial charge < -0.3 is 94.4 Å². The summed E-state index contributed by atoms with van der Waals surface area (Å²) in [7, 11) is 0. The van der Waals surface area contributed by atoms with Gasteiger partial charge >= 0.3 is 0 Å². The summed E-state index contributed by atoms with van der Waals surface area (Å²) in [6.45, 7) is -0.913. The minimum Gasteiger partial charge on any atom is -0.394 e. The summed E-state index contributed by atoms with van der Waals surface area (Å²) in [6, 6.07) is -5.69. The first kappa shape index (κ1) is 34.0. The van der Waals surface area contributed by atoms with E-state index >= 15 is 0 Å². The molecule has 0 radical (unpaired) electrons. The Hall–Kier alpha value is -1.86. The summed E-state index contributed by atoms with van der Waals surface area (Å²) in [4.78, 5) is 16.7. The molecule has 0 spiro atoms. The molecule has 0 aromatic carbocycles. The maximum Gasteiger partial charge on any atom is 0.253 e. The van der Waals surface area contributed by atoms with Crippen molar-refractivity contribution in [1.82, 2.24) is 5.32 Å². The van der Waals surface area contributed by atoms with Crippen LogP contribution in [0.15, 0.2) is 4.99 Å². The summed E-state index contributed by atoms with van der Waals surface area (Å²) in [5, 5.41) is 76.1. The van der Waals surface area contributed by atoms with E-state index in [1.165, 1.54) is 0 Å². The van der Waals surface area contributed by atoms with Crippen molar-refractivity contribution in [3.05, 3.63) is 0 Å². The Kier molecular flexibility index (Phi) is 10.5. The third kappa shape index (κ3) is 6.73. The maximum atomic E-state index is 12.9. The van der Waals surface area contributed by atoms with Crippen molar-refractivity contribution in [3.63, 3.8) is 0 Å². The number of hydrogen-bond acceptors (Lipinski definition) is 17. The molecule has 20 N–H and O–H groups in total. The number of nitrogens with one attached hydrogen (secondary N) is 1. The molecule has 0 bridgehead atoms. The first-order valence-electron chi connectivity index (χ1n) is 13.9. The van der Waals surface area contributed by atoms with Gasteiger partial charge in [-0.15, -0.1) is 0 Å². The second-order valence-electron chi connectivity index (χ2n) is 11.5. The van der Waals surface area contributed by atoms with Crippen LogP contribution in [-0.4, -0.2) is 164 Å². The molecule has 4 rings (SSSR count). The van der Waals surface area contributed by atoms with Crippen LogP contribution in [0.1, 0.15) is 12.8 Å². The molecule has 2 saturated heterocycles. The van der Waals surface area contributed by atoms with Crippen LogP contribution in [0.5, 0.6) is 0 Å². The monoisotopic (exact) mass is 624 g/mol. The van der Waals surface area contributed by atoms with E-state index in [4.69, 9.17) is 53.3 Å². The van der Waals surface area contributed by atoms with Crippen molar-refractivity contribution in [3.8, 4) is 0 Å². The van der Waals surface area contributed by atoms with Crippen LogP contribution in [0, 0.1) is 0 Å². The van der Waals surface area contributed by atoms with E-state index in [1.807, 2.05) is 0 Å². The maximum absolute atomic E-state index is 12.9. The number of aliphatic imine (C=N–C) groups is 1. The highest BCUT2D eigenvalue weighted by atomic mass is 16.7. The predicted octanol–water partition coefficient (Wildman–Crippen LogP) is -9.39. The molecule has 4 aliphatic rings.